The Balaban J connectivity index is 1.97. The third kappa shape index (κ3) is 2.35. The van der Waals surface area contributed by atoms with Gasteiger partial charge in [0.2, 0.25) is 0 Å². The number of hydroxylamine groups is 1. The monoisotopic (exact) mass is 289 g/mol. The number of benzene rings is 2. The molecule has 0 saturated carbocycles. The summed E-state index contributed by atoms with van der Waals surface area (Å²) < 4.78 is 26.4. The van der Waals surface area contributed by atoms with Crippen LogP contribution < -0.4 is 0 Å². The first-order valence-corrected chi connectivity index (χ1v) is 7.91. The molecule has 0 amide bonds. The van der Waals surface area contributed by atoms with Crippen molar-refractivity contribution < 1.29 is 13.3 Å². The third-order valence-corrected chi connectivity index (χ3v) is 5.03. The van der Waals surface area contributed by atoms with Crippen LogP contribution in [0.15, 0.2) is 65.6 Å². The summed E-state index contributed by atoms with van der Waals surface area (Å²) >= 11 is 0. The Morgan fingerprint density at radius 1 is 0.950 bits per heavy atom. The fourth-order valence-corrected chi connectivity index (χ4v) is 3.83. The molecule has 1 aliphatic heterocycles. The molecule has 1 saturated heterocycles. The zero-order valence-electron chi connectivity index (χ0n) is 10.8. The fraction of sp³-hybridized carbons (Fsp3) is 0.200. The minimum atomic E-state index is -3.62. The molecule has 1 atom stereocenters. The average molecular weight is 289 g/mol. The van der Waals surface area contributed by atoms with Gasteiger partial charge < -0.3 is 0 Å². The van der Waals surface area contributed by atoms with Crippen LogP contribution in [0.1, 0.15) is 18.0 Å². The van der Waals surface area contributed by atoms with Crippen LogP contribution in [0, 0.1) is 0 Å². The molecule has 0 radical (unpaired) electrons. The Morgan fingerprint density at radius 2 is 1.55 bits per heavy atom. The van der Waals surface area contributed by atoms with Gasteiger partial charge in [-0.2, -0.15) is 0 Å². The van der Waals surface area contributed by atoms with E-state index in [1.807, 2.05) is 30.3 Å². The van der Waals surface area contributed by atoms with Crippen molar-refractivity contribution in [3.63, 3.8) is 0 Å². The van der Waals surface area contributed by atoms with Crippen LogP contribution >= 0.6 is 0 Å². The van der Waals surface area contributed by atoms with Gasteiger partial charge in [0.05, 0.1) is 17.5 Å². The van der Waals surface area contributed by atoms with Crippen LogP contribution in [0.3, 0.4) is 0 Å². The van der Waals surface area contributed by atoms with Gasteiger partial charge in [0, 0.05) is 0 Å². The van der Waals surface area contributed by atoms with Crippen molar-refractivity contribution in [1.29, 1.82) is 0 Å². The normalized spacial score (nSPS) is 20.1. The minimum Gasteiger partial charge on any atom is -0.283 e. The van der Waals surface area contributed by atoms with E-state index in [0.29, 0.717) is 13.0 Å². The lowest BCUT2D eigenvalue weighted by Gasteiger charge is -2.22. The highest BCUT2D eigenvalue weighted by molar-refractivity contribution is 7.89. The van der Waals surface area contributed by atoms with Crippen LogP contribution in [-0.4, -0.2) is 19.5 Å². The zero-order valence-corrected chi connectivity index (χ0v) is 11.7. The molecule has 0 aromatic heterocycles. The van der Waals surface area contributed by atoms with Gasteiger partial charge in [-0.1, -0.05) is 53.0 Å². The molecule has 4 nitrogen and oxygen atoms in total. The zero-order chi connectivity index (χ0) is 14.0. The van der Waals surface area contributed by atoms with Crippen molar-refractivity contribution in [2.45, 2.75) is 17.4 Å². The van der Waals surface area contributed by atoms with Gasteiger partial charge >= 0.3 is 0 Å². The second-order valence-electron chi connectivity index (χ2n) is 4.62. The predicted octanol–water partition coefficient (Wildman–Crippen LogP) is 2.75. The van der Waals surface area contributed by atoms with E-state index in [1.165, 1.54) is 0 Å². The largest absolute Gasteiger partial charge is 0.283 e. The quantitative estimate of drug-likeness (QED) is 0.873. The maximum absolute atomic E-state index is 12.6. The van der Waals surface area contributed by atoms with E-state index in [1.54, 1.807) is 30.3 Å². The molecule has 1 fully saturated rings. The van der Waals surface area contributed by atoms with Crippen LogP contribution in [0.25, 0.3) is 0 Å². The first-order valence-electron chi connectivity index (χ1n) is 6.47. The SMILES string of the molecule is O=S(=O)(c1ccccc1)N1OCCC1c1ccccc1. The Labute approximate surface area is 118 Å². The van der Waals surface area contributed by atoms with Gasteiger partial charge in [-0.15, -0.1) is 0 Å². The number of hydrogen-bond acceptors (Lipinski definition) is 3. The summed E-state index contributed by atoms with van der Waals surface area (Å²) in [5, 5.41) is 0. The van der Waals surface area contributed by atoms with E-state index in [4.69, 9.17) is 4.84 Å². The van der Waals surface area contributed by atoms with E-state index in [9.17, 15) is 8.42 Å². The summed E-state index contributed by atoms with van der Waals surface area (Å²) in [5.74, 6) is 0. The van der Waals surface area contributed by atoms with Crippen LogP contribution in [0.2, 0.25) is 0 Å². The Bertz CT molecular complexity index is 671. The molecule has 1 unspecified atom stereocenters. The summed E-state index contributed by atoms with van der Waals surface area (Å²) in [7, 11) is -3.62. The number of rotatable bonds is 3. The van der Waals surface area contributed by atoms with E-state index in [2.05, 4.69) is 0 Å². The molecular weight excluding hydrogens is 274 g/mol. The smallest absolute Gasteiger partial charge is 0.265 e. The van der Waals surface area contributed by atoms with Crippen LogP contribution in [-0.2, 0) is 14.9 Å². The van der Waals surface area contributed by atoms with Crippen molar-refractivity contribution >= 4 is 10.0 Å². The molecule has 1 aliphatic rings. The lowest BCUT2D eigenvalue weighted by molar-refractivity contribution is -0.0499. The van der Waals surface area contributed by atoms with Gasteiger partial charge in [0.25, 0.3) is 10.0 Å². The van der Waals surface area contributed by atoms with Gasteiger partial charge in [-0.25, -0.2) is 8.42 Å². The highest BCUT2D eigenvalue weighted by Gasteiger charge is 2.37. The van der Waals surface area contributed by atoms with Crippen LogP contribution in [0.4, 0.5) is 0 Å². The molecular formula is C15H15NO3S. The lowest BCUT2D eigenvalue weighted by Crippen LogP contribution is -2.29. The standard InChI is InChI=1S/C15H15NO3S/c17-20(18,14-9-5-2-6-10-14)16-15(11-12-19-16)13-7-3-1-4-8-13/h1-10,15H,11-12H2. The summed E-state index contributed by atoms with van der Waals surface area (Å²) in [6.45, 7) is 0.408. The molecule has 20 heavy (non-hydrogen) atoms. The molecule has 0 aliphatic carbocycles. The van der Waals surface area contributed by atoms with Gasteiger partial charge in [0.1, 0.15) is 0 Å². The van der Waals surface area contributed by atoms with E-state index >= 15 is 0 Å². The first-order chi connectivity index (χ1) is 9.69. The van der Waals surface area contributed by atoms with Crippen molar-refractivity contribution in [1.82, 2.24) is 4.47 Å². The van der Waals surface area contributed by atoms with Gasteiger partial charge in [-0.05, 0) is 24.1 Å². The van der Waals surface area contributed by atoms with E-state index < -0.39 is 10.0 Å². The van der Waals surface area contributed by atoms with E-state index in [0.717, 1.165) is 10.0 Å². The van der Waals surface area contributed by atoms with Gasteiger partial charge in [0.15, 0.2) is 0 Å². The molecule has 104 valence electrons. The summed E-state index contributed by atoms with van der Waals surface area (Å²) in [4.78, 5) is 5.64. The molecule has 0 spiro atoms. The number of sulfonamides is 1. The highest BCUT2D eigenvalue weighted by atomic mass is 32.2. The molecule has 1 heterocycles. The van der Waals surface area contributed by atoms with E-state index in [-0.39, 0.29) is 10.9 Å². The Morgan fingerprint density at radius 3 is 2.20 bits per heavy atom. The molecule has 0 bridgehead atoms. The predicted molar refractivity (Wildman–Crippen MR) is 75.2 cm³/mol. The van der Waals surface area contributed by atoms with Crippen molar-refractivity contribution in [2.24, 2.45) is 0 Å². The van der Waals surface area contributed by atoms with Crippen LogP contribution in [0.5, 0.6) is 0 Å². The highest BCUT2D eigenvalue weighted by Crippen LogP contribution is 2.34. The number of hydrogen-bond donors (Lipinski definition) is 0. The average Bonchev–Trinajstić information content (AvgIpc) is 2.99. The fourth-order valence-electron chi connectivity index (χ4n) is 2.35. The molecule has 5 heteroatoms. The number of nitrogens with zero attached hydrogens (tertiary/aromatic N) is 1. The second kappa shape index (κ2) is 5.36. The molecule has 2 aromatic rings. The van der Waals surface area contributed by atoms with Crippen molar-refractivity contribution in [2.75, 3.05) is 6.61 Å². The first kappa shape index (κ1) is 13.3. The summed E-state index contributed by atoms with van der Waals surface area (Å²) in [6.07, 6.45) is 0.663. The third-order valence-electron chi connectivity index (χ3n) is 3.33. The summed E-state index contributed by atoms with van der Waals surface area (Å²) in [5.41, 5.74) is 0.949. The maximum Gasteiger partial charge on any atom is 0.265 e. The minimum absolute atomic E-state index is 0.253. The molecule has 2 aromatic carbocycles. The molecule has 0 N–H and O–H groups in total. The molecule has 3 rings (SSSR count). The van der Waals surface area contributed by atoms with Gasteiger partial charge in [-0.3, -0.25) is 4.84 Å². The Hall–Kier alpha value is -1.69. The topological polar surface area (TPSA) is 46.6 Å². The second-order valence-corrected chi connectivity index (χ2v) is 6.40. The van der Waals surface area contributed by atoms with Crippen molar-refractivity contribution in [3.8, 4) is 0 Å². The summed E-state index contributed by atoms with van der Waals surface area (Å²) in [6, 6.07) is 17.7. The Kier molecular flexibility index (Phi) is 3.56. The van der Waals surface area contributed by atoms with Crippen molar-refractivity contribution in [3.05, 3.63) is 66.2 Å². The lowest BCUT2D eigenvalue weighted by atomic mass is 10.1. The maximum atomic E-state index is 12.6.